The lowest BCUT2D eigenvalue weighted by molar-refractivity contribution is 0.203. The molecule has 1 heterocycles. The van der Waals surface area contributed by atoms with Gasteiger partial charge in [-0.1, -0.05) is 0 Å². The van der Waals surface area contributed by atoms with Crippen LogP contribution in [0, 0.1) is 6.92 Å². The predicted octanol–water partition coefficient (Wildman–Crippen LogP) is 1.64. The van der Waals surface area contributed by atoms with Crippen molar-refractivity contribution < 1.29 is 4.74 Å². The Morgan fingerprint density at radius 2 is 2.50 bits per heavy atom. The van der Waals surface area contributed by atoms with E-state index in [1.165, 1.54) is 4.88 Å². The topological polar surface area (TPSA) is 22.1 Å². The van der Waals surface area contributed by atoms with E-state index in [4.69, 9.17) is 4.74 Å². The molecule has 0 fully saturated rings. The van der Waals surface area contributed by atoms with Crippen LogP contribution in [0.3, 0.4) is 0 Å². The molecule has 0 radical (unpaired) electrons. The average Bonchev–Trinajstić information content (AvgIpc) is 2.31. The molecule has 0 unspecified atom stereocenters. The van der Waals surface area contributed by atoms with E-state index < -0.39 is 0 Å². The molecule has 0 atom stereocenters. The smallest absolute Gasteiger partial charge is 0.0797 e. The Labute approximate surface area is 64.9 Å². The molecule has 0 amide bonds. The summed E-state index contributed by atoms with van der Waals surface area (Å²) in [5.41, 5.74) is 3.02. The molecular weight excluding hydrogens is 146 g/mol. The monoisotopic (exact) mass is 157 g/mol. The standard InChI is InChI=1S/C7H11NOS/c1-6-7(3-4-9-2)10-5-8-6/h5H,3-4H2,1-2H3. The zero-order chi connectivity index (χ0) is 7.40. The van der Waals surface area contributed by atoms with Crippen molar-refractivity contribution in [2.75, 3.05) is 13.7 Å². The molecule has 0 aliphatic carbocycles. The summed E-state index contributed by atoms with van der Waals surface area (Å²) >= 11 is 1.70. The molecular formula is C7H11NOS. The molecule has 0 aliphatic rings. The Hall–Kier alpha value is -0.410. The maximum absolute atomic E-state index is 4.95. The third-order valence-corrected chi connectivity index (χ3v) is 2.37. The van der Waals surface area contributed by atoms with Crippen LogP contribution in [0.4, 0.5) is 0 Å². The van der Waals surface area contributed by atoms with Gasteiger partial charge < -0.3 is 4.74 Å². The number of thiazole rings is 1. The van der Waals surface area contributed by atoms with Gasteiger partial charge in [-0.15, -0.1) is 11.3 Å². The lowest BCUT2D eigenvalue weighted by atomic mass is 10.3. The quantitative estimate of drug-likeness (QED) is 0.665. The first-order valence-corrected chi connectivity index (χ1v) is 4.10. The second-order valence-corrected chi connectivity index (χ2v) is 3.04. The van der Waals surface area contributed by atoms with Crippen molar-refractivity contribution in [2.45, 2.75) is 13.3 Å². The summed E-state index contributed by atoms with van der Waals surface area (Å²) in [6.45, 7) is 2.82. The summed E-state index contributed by atoms with van der Waals surface area (Å²) in [5.74, 6) is 0. The van der Waals surface area contributed by atoms with E-state index in [1.807, 2.05) is 12.4 Å². The fourth-order valence-corrected chi connectivity index (χ4v) is 1.52. The van der Waals surface area contributed by atoms with E-state index in [1.54, 1.807) is 18.4 Å². The zero-order valence-corrected chi connectivity index (χ0v) is 7.07. The molecule has 56 valence electrons. The van der Waals surface area contributed by atoms with Crippen molar-refractivity contribution in [3.05, 3.63) is 16.1 Å². The Morgan fingerprint density at radius 1 is 1.70 bits per heavy atom. The summed E-state index contributed by atoms with van der Waals surface area (Å²) in [6.07, 6.45) is 0.993. The third kappa shape index (κ3) is 1.78. The number of ether oxygens (including phenoxy) is 1. The molecule has 3 heteroatoms. The van der Waals surface area contributed by atoms with E-state index in [2.05, 4.69) is 4.98 Å². The molecule has 0 spiro atoms. The maximum atomic E-state index is 4.95. The molecule has 1 aromatic heterocycles. The van der Waals surface area contributed by atoms with Gasteiger partial charge in [0.15, 0.2) is 0 Å². The van der Waals surface area contributed by atoms with Gasteiger partial charge in [0.1, 0.15) is 0 Å². The molecule has 10 heavy (non-hydrogen) atoms. The lowest BCUT2D eigenvalue weighted by Crippen LogP contribution is -1.93. The first kappa shape index (κ1) is 7.69. The molecule has 0 saturated carbocycles. The van der Waals surface area contributed by atoms with Crippen LogP contribution in [0.25, 0.3) is 0 Å². The van der Waals surface area contributed by atoms with Gasteiger partial charge >= 0.3 is 0 Å². The van der Waals surface area contributed by atoms with Crippen molar-refractivity contribution in [1.29, 1.82) is 0 Å². The number of hydrogen-bond acceptors (Lipinski definition) is 3. The average molecular weight is 157 g/mol. The SMILES string of the molecule is COCCc1scnc1C. The van der Waals surface area contributed by atoms with Crippen LogP contribution in [0.15, 0.2) is 5.51 Å². The summed E-state index contributed by atoms with van der Waals surface area (Å²) in [7, 11) is 1.72. The van der Waals surface area contributed by atoms with E-state index in [0.717, 1.165) is 18.7 Å². The van der Waals surface area contributed by atoms with Crippen molar-refractivity contribution in [3.8, 4) is 0 Å². The minimum absolute atomic E-state index is 0.795. The van der Waals surface area contributed by atoms with Crippen LogP contribution in [0.2, 0.25) is 0 Å². The van der Waals surface area contributed by atoms with Gasteiger partial charge in [-0.05, 0) is 6.92 Å². The minimum atomic E-state index is 0.795. The Bertz CT molecular complexity index is 197. The highest BCUT2D eigenvalue weighted by Crippen LogP contribution is 2.12. The van der Waals surface area contributed by atoms with Gasteiger partial charge in [-0.2, -0.15) is 0 Å². The molecule has 0 N–H and O–H groups in total. The van der Waals surface area contributed by atoms with Crippen molar-refractivity contribution in [1.82, 2.24) is 4.98 Å². The van der Waals surface area contributed by atoms with E-state index >= 15 is 0 Å². The van der Waals surface area contributed by atoms with Crippen LogP contribution < -0.4 is 0 Å². The van der Waals surface area contributed by atoms with E-state index in [-0.39, 0.29) is 0 Å². The van der Waals surface area contributed by atoms with Crippen LogP contribution >= 0.6 is 11.3 Å². The van der Waals surface area contributed by atoms with Crippen molar-refractivity contribution in [3.63, 3.8) is 0 Å². The van der Waals surface area contributed by atoms with Crippen molar-refractivity contribution >= 4 is 11.3 Å². The Kier molecular flexibility index (Phi) is 2.83. The number of aromatic nitrogens is 1. The maximum Gasteiger partial charge on any atom is 0.0797 e. The molecule has 1 aromatic rings. The first-order chi connectivity index (χ1) is 4.84. The third-order valence-electron chi connectivity index (χ3n) is 1.38. The zero-order valence-electron chi connectivity index (χ0n) is 6.26. The van der Waals surface area contributed by atoms with Gasteiger partial charge in [-0.25, -0.2) is 4.98 Å². The number of aryl methyl sites for hydroxylation is 1. The largest absolute Gasteiger partial charge is 0.384 e. The lowest BCUT2D eigenvalue weighted by Gasteiger charge is -1.95. The van der Waals surface area contributed by atoms with Gasteiger partial charge in [-0.3, -0.25) is 0 Å². The van der Waals surface area contributed by atoms with Crippen LogP contribution in [0.1, 0.15) is 10.6 Å². The van der Waals surface area contributed by atoms with Gasteiger partial charge in [0.2, 0.25) is 0 Å². The molecule has 0 aliphatic heterocycles. The van der Waals surface area contributed by atoms with Crippen LogP contribution in [-0.2, 0) is 11.2 Å². The second kappa shape index (κ2) is 3.68. The van der Waals surface area contributed by atoms with Gasteiger partial charge in [0.05, 0.1) is 17.8 Å². The van der Waals surface area contributed by atoms with E-state index in [9.17, 15) is 0 Å². The molecule has 0 bridgehead atoms. The number of nitrogens with zero attached hydrogens (tertiary/aromatic N) is 1. The van der Waals surface area contributed by atoms with Gasteiger partial charge in [0, 0.05) is 18.4 Å². The first-order valence-electron chi connectivity index (χ1n) is 3.22. The highest BCUT2D eigenvalue weighted by atomic mass is 32.1. The summed E-state index contributed by atoms with van der Waals surface area (Å²) in [6, 6.07) is 0. The fourth-order valence-electron chi connectivity index (χ4n) is 0.761. The highest BCUT2D eigenvalue weighted by Gasteiger charge is 1.98. The number of rotatable bonds is 3. The molecule has 1 rings (SSSR count). The Balaban J connectivity index is 2.49. The summed E-state index contributed by atoms with van der Waals surface area (Å²) in [4.78, 5) is 5.47. The van der Waals surface area contributed by atoms with Gasteiger partial charge in [0.25, 0.3) is 0 Å². The number of methoxy groups -OCH3 is 1. The van der Waals surface area contributed by atoms with Crippen LogP contribution in [-0.4, -0.2) is 18.7 Å². The highest BCUT2D eigenvalue weighted by molar-refractivity contribution is 7.09. The van der Waals surface area contributed by atoms with E-state index in [0.29, 0.717) is 0 Å². The number of hydrogen-bond donors (Lipinski definition) is 0. The predicted molar refractivity (Wildman–Crippen MR) is 42.4 cm³/mol. The Morgan fingerprint density at radius 3 is 3.00 bits per heavy atom. The normalized spacial score (nSPS) is 10.2. The molecule has 0 saturated heterocycles. The molecule has 2 nitrogen and oxygen atoms in total. The summed E-state index contributed by atoms with van der Waals surface area (Å²) in [5, 5.41) is 0. The summed E-state index contributed by atoms with van der Waals surface area (Å²) < 4.78 is 4.95. The second-order valence-electron chi connectivity index (χ2n) is 2.10. The molecule has 0 aromatic carbocycles. The fraction of sp³-hybridized carbons (Fsp3) is 0.571. The van der Waals surface area contributed by atoms with Crippen molar-refractivity contribution in [2.24, 2.45) is 0 Å². The minimum Gasteiger partial charge on any atom is -0.384 e. The van der Waals surface area contributed by atoms with Crippen LogP contribution in [0.5, 0.6) is 0 Å².